The molecule has 0 rings (SSSR count). The average molecular weight is 261 g/mol. The van der Waals surface area contributed by atoms with Crippen LogP contribution in [0.4, 0.5) is 4.79 Å². The fourth-order valence-corrected chi connectivity index (χ4v) is 1.37. The van der Waals surface area contributed by atoms with E-state index < -0.39 is 18.0 Å². The molecule has 0 saturated heterocycles. The van der Waals surface area contributed by atoms with Gasteiger partial charge in [0.15, 0.2) is 0 Å². The van der Waals surface area contributed by atoms with E-state index in [9.17, 15) is 9.59 Å². The highest BCUT2D eigenvalue weighted by molar-refractivity contribution is 5.82. The zero-order valence-electron chi connectivity index (χ0n) is 11.0. The molecule has 0 aliphatic heterocycles. The minimum absolute atomic E-state index is 0.354. The topological polar surface area (TPSA) is 99.7 Å². The van der Waals surface area contributed by atoms with E-state index in [1.54, 1.807) is 7.11 Å². The standard InChI is InChI=1S/C11H23N3O4/c1-12-6-4-7-13-11(17)14-9(10(15)16)5-3-8-18-2/h9,12H,3-8H2,1-2H3,(H,15,16)(H2,13,14,17). The largest absolute Gasteiger partial charge is 0.480 e. The first-order valence-corrected chi connectivity index (χ1v) is 6.02. The van der Waals surface area contributed by atoms with E-state index in [0.29, 0.717) is 26.0 Å². The van der Waals surface area contributed by atoms with Gasteiger partial charge in [-0.05, 0) is 32.9 Å². The summed E-state index contributed by atoms with van der Waals surface area (Å²) in [6.45, 7) is 1.79. The van der Waals surface area contributed by atoms with Crippen LogP contribution < -0.4 is 16.0 Å². The van der Waals surface area contributed by atoms with Crippen LogP contribution in [0.2, 0.25) is 0 Å². The Morgan fingerprint density at radius 1 is 1.28 bits per heavy atom. The van der Waals surface area contributed by atoms with Gasteiger partial charge in [0.25, 0.3) is 0 Å². The van der Waals surface area contributed by atoms with Crippen molar-refractivity contribution < 1.29 is 19.4 Å². The number of aliphatic carboxylic acids is 1. The van der Waals surface area contributed by atoms with E-state index in [1.165, 1.54) is 0 Å². The minimum Gasteiger partial charge on any atom is -0.480 e. The third-order valence-electron chi connectivity index (χ3n) is 2.33. The van der Waals surface area contributed by atoms with Crippen molar-refractivity contribution in [1.82, 2.24) is 16.0 Å². The van der Waals surface area contributed by atoms with Gasteiger partial charge in [0.05, 0.1) is 0 Å². The summed E-state index contributed by atoms with van der Waals surface area (Å²) in [6, 6.07) is -1.32. The molecule has 2 amide bonds. The summed E-state index contributed by atoms with van der Waals surface area (Å²) in [5.74, 6) is -1.03. The van der Waals surface area contributed by atoms with Gasteiger partial charge in [-0.1, -0.05) is 0 Å². The number of amides is 2. The van der Waals surface area contributed by atoms with E-state index in [4.69, 9.17) is 9.84 Å². The zero-order valence-corrected chi connectivity index (χ0v) is 11.0. The number of carbonyl (C=O) groups is 2. The van der Waals surface area contributed by atoms with Crippen LogP contribution in [-0.2, 0) is 9.53 Å². The van der Waals surface area contributed by atoms with Crippen LogP contribution in [0.1, 0.15) is 19.3 Å². The molecule has 7 nitrogen and oxygen atoms in total. The monoisotopic (exact) mass is 261 g/mol. The number of carbonyl (C=O) groups excluding carboxylic acids is 1. The predicted octanol–water partition coefficient (Wildman–Crippen LogP) is -0.225. The van der Waals surface area contributed by atoms with Gasteiger partial charge >= 0.3 is 12.0 Å². The van der Waals surface area contributed by atoms with Gasteiger partial charge in [-0.25, -0.2) is 9.59 Å². The molecule has 0 aromatic rings. The van der Waals surface area contributed by atoms with Gasteiger partial charge in [0, 0.05) is 20.3 Å². The molecule has 0 spiro atoms. The molecule has 106 valence electrons. The summed E-state index contributed by atoms with van der Waals surface area (Å²) in [4.78, 5) is 22.3. The van der Waals surface area contributed by atoms with Crippen LogP contribution in [0.3, 0.4) is 0 Å². The van der Waals surface area contributed by atoms with E-state index in [0.717, 1.165) is 13.0 Å². The Kier molecular flexibility index (Phi) is 9.99. The fourth-order valence-electron chi connectivity index (χ4n) is 1.37. The number of hydrogen-bond acceptors (Lipinski definition) is 4. The van der Waals surface area contributed by atoms with Crippen LogP contribution in [0.5, 0.6) is 0 Å². The van der Waals surface area contributed by atoms with Crippen molar-refractivity contribution in [3.8, 4) is 0 Å². The second kappa shape index (κ2) is 10.8. The van der Waals surface area contributed by atoms with Gasteiger partial charge in [-0.3, -0.25) is 0 Å². The number of carboxylic acid groups (broad SMARTS) is 1. The van der Waals surface area contributed by atoms with E-state index in [2.05, 4.69) is 16.0 Å². The summed E-state index contributed by atoms with van der Waals surface area (Å²) in [6.07, 6.45) is 1.74. The number of ether oxygens (including phenoxy) is 1. The molecule has 4 N–H and O–H groups in total. The molecule has 0 aliphatic rings. The Bertz CT molecular complexity index is 248. The molecule has 0 saturated carbocycles. The van der Waals surface area contributed by atoms with E-state index in [1.807, 2.05) is 7.05 Å². The Morgan fingerprint density at radius 2 is 2.00 bits per heavy atom. The van der Waals surface area contributed by atoms with Gasteiger partial charge in [-0.2, -0.15) is 0 Å². The lowest BCUT2D eigenvalue weighted by Gasteiger charge is -2.14. The third kappa shape index (κ3) is 8.77. The van der Waals surface area contributed by atoms with Crippen molar-refractivity contribution in [2.75, 3.05) is 33.9 Å². The summed E-state index contributed by atoms with van der Waals surface area (Å²) in [5, 5.41) is 16.9. The smallest absolute Gasteiger partial charge is 0.326 e. The summed E-state index contributed by atoms with van der Waals surface area (Å²) in [7, 11) is 3.38. The number of carboxylic acids is 1. The third-order valence-corrected chi connectivity index (χ3v) is 2.33. The number of methoxy groups -OCH3 is 1. The lowest BCUT2D eigenvalue weighted by Crippen LogP contribution is -2.46. The molecule has 18 heavy (non-hydrogen) atoms. The van der Waals surface area contributed by atoms with Gasteiger partial charge in [0.1, 0.15) is 6.04 Å². The molecule has 7 heteroatoms. The lowest BCUT2D eigenvalue weighted by atomic mass is 10.1. The molecular formula is C11H23N3O4. The zero-order chi connectivity index (χ0) is 13.8. The van der Waals surface area contributed by atoms with Crippen LogP contribution >= 0.6 is 0 Å². The summed E-state index contributed by atoms with van der Waals surface area (Å²) in [5.41, 5.74) is 0. The Balaban J connectivity index is 3.85. The molecule has 0 fully saturated rings. The molecule has 0 radical (unpaired) electrons. The molecular weight excluding hydrogens is 238 g/mol. The van der Waals surface area contributed by atoms with Crippen LogP contribution in [0, 0.1) is 0 Å². The maximum atomic E-state index is 11.4. The SMILES string of the molecule is CNCCCNC(=O)NC(CCCOC)C(=O)O. The first-order valence-electron chi connectivity index (χ1n) is 6.02. The summed E-state index contributed by atoms with van der Waals surface area (Å²) >= 11 is 0. The van der Waals surface area contributed by atoms with Crippen molar-refractivity contribution in [3.05, 3.63) is 0 Å². The van der Waals surface area contributed by atoms with E-state index >= 15 is 0 Å². The number of hydrogen-bond donors (Lipinski definition) is 4. The first-order chi connectivity index (χ1) is 8.61. The van der Waals surface area contributed by atoms with Crippen molar-refractivity contribution in [1.29, 1.82) is 0 Å². The number of urea groups is 1. The number of nitrogens with one attached hydrogen (secondary N) is 3. The Morgan fingerprint density at radius 3 is 2.56 bits per heavy atom. The first kappa shape index (κ1) is 16.7. The van der Waals surface area contributed by atoms with Crippen LogP contribution in [0.15, 0.2) is 0 Å². The molecule has 0 aromatic heterocycles. The second-order valence-corrected chi connectivity index (χ2v) is 3.88. The summed E-state index contributed by atoms with van der Waals surface area (Å²) < 4.78 is 4.84. The average Bonchev–Trinajstić information content (AvgIpc) is 2.33. The Hall–Kier alpha value is -1.34. The molecule has 0 bridgehead atoms. The molecule has 0 aromatic carbocycles. The highest BCUT2D eigenvalue weighted by Gasteiger charge is 2.18. The minimum atomic E-state index is -1.03. The second-order valence-electron chi connectivity index (χ2n) is 3.88. The highest BCUT2D eigenvalue weighted by atomic mass is 16.5. The molecule has 1 unspecified atom stereocenters. The number of rotatable bonds is 10. The highest BCUT2D eigenvalue weighted by Crippen LogP contribution is 1.98. The van der Waals surface area contributed by atoms with Gasteiger partial charge < -0.3 is 25.8 Å². The van der Waals surface area contributed by atoms with Crippen LogP contribution in [0.25, 0.3) is 0 Å². The molecule has 1 atom stereocenters. The predicted molar refractivity (Wildman–Crippen MR) is 67.6 cm³/mol. The van der Waals surface area contributed by atoms with Gasteiger partial charge in [0.2, 0.25) is 0 Å². The maximum Gasteiger partial charge on any atom is 0.326 e. The van der Waals surface area contributed by atoms with Crippen LogP contribution in [-0.4, -0.2) is 57.0 Å². The molecule has 0 aliphatic carbocycles. The lowest BCUT2D eigenvalue weighted by molar-refractivity contribution is -0.139. The van der Waals surface area contributed by atoms with Crippen molar-refractivity contribution >= 4 is 12.0 Å². The van der Waals surface area contributed by atoms with Crippen molar-refractivity contribution in [2.24, 2.45) is 0 Å². The van der Waals surface area contributed by atoms with Crippen molar-refractivity contribution in [3.63, 3.8) is 0 Å². The van der Waals surface area contributed by atoms with Gasteiger partial charge in [-0.15, -0.1) is 0 Å². The molecule has 0 heterocycles. The Labute approximate surface area is 107 Å². The normalized spacial score (nSPS) is 11.9. The quantitative estimate of drug-likeness (QED) is 0.407. The maximum absolute atomic E-state index is 11.4. The fraction of sp³-hybridized carbons (Fsp3) is 0.818. The van der Waals surface area contributed by atoms with Crippen molar-refractivity contribution in [2.45, 2.75) is 25.3 Å². The van der Waals surface area contributed by atoms with E-state index in [-0.39, 0.29) is 0 Å².